The molecule has 0 fully saturated rings. The number of hydrogen-bond acceptors (Lipinski definition) is 9. The van der Waals surface area contributed by atoms with Crippen LogP contribution in [0.2, 0.25) is 0 Å². The number of nitrogens with zero attached hydrogens (tertiary/aromatic N) is 5. The Morgan fingerprint density at radius 2 is 1.61 bits per heavy atom. The van der Waals surface area contributed by atoms with Crippen LogP contribution in [0.15, 0.2) is 83.2 Å². The van der Waals surface area contributed by atoms with Crippen molar-refractivity contribution in [2.75, 3.05) is 18.8 Å². The van der Waals surface area contributed by atoms with Crippen LogP contribution < -0.4 is 20.8 Å². The Bertz CT molecular complexity index is 1820. The van der Waals surface area contributed by atoms with Gasteiger partial charge in [-0.15, -0.1) is 18.3 Å². The lowest BCUT2D eigenvalue weighted by Crippen LogP contribution is -2.34. The highest BCUT2D eigenvalue weighted by molar-refractivity contribution is 8.14. The average Bonchev–Trinajstić information content (AvgIpc) is 3.54. The second-order valence-electron chi connectivity index (χ2n) is 12.1. The third-order valence-electron chi connectivity index (χ3n) is 6.71. The zero-order valence-corrected chi connectivity index (χ0v) is 29.6. The first kappa shape index (κ1) is 38.4. The van der Waals surface area contributed by atoms with E-state index in [9.17, 15) is 22.8 Å². The third-order valence-corrected chi connectivity index (χ3v) is 7.57. The van der Waals surface area contributed by atoms with Crippen LogP contribution in [0.5, 0.6) is 5.75 Å². The van der Waals surface area contributed by atoms with Gasteiger partial charge in [0, 0.05) is 18.7 Å². The van der Waals surface area contributed by atoms with Crippen LogP contribution >= 0.6 is 11.8 Å². The molecule has 0 unspecified atom stereocenters. The molecule has 4 rings (SSSR count). The lowest BCUT2D eigenvalue weighted by atomic mass is 10.1. The molecular weight excluding hydrogens is 685 g/mol. The van der Waals surface area contributed by atoms with Crippen molar-refractivity contribution < 1.29 is 32.2 Å². The molecule has 270 valence electrons. The molecule has 0 aliphatic carbocycles. The van der Waals surface area contributed by atoms with Gasteiger partial charge in [0.25, 0.3) is 0 Å². The Balaban J connectivity index is 1.33. The minimum Gasteiger partial charge on any atom is -0.444 e. The van der Waals surface area contributed by atoms with E-state index in [1.54, 1.807) is 27.0 Å². The topological polar surface area (TPSA) is 144 Å². The summed E-state index contributed by atoms with van der Waals surface area (Å²) in [5.74, 6) is -0.0177. The van der Waals surface area contributed by atoms with Crippen LogP contribution in [0.1, 0.15) is 43.9 Å². The van der Waals surface area contributed by atoms with E-state index in [1.165, 1.54) is 47.0 Å². The van der Waals surface area contributed by atoms with Gasteiger partial charge in [-0.2, -0.15) is 5.10 Å². The van der Waals surface area contributed by atoms with Crippen molar-refractivity contribution in [1.29, 1.82) is 0 Å². The van der Waals surface area contributed by atoms with Gasteiger partial charge in [-0.05, 0) is 82.0 Å². The van der Waals surface area contributed by atoms with Crippen LogP contribution in [0.3, 0.4) is 0 Å². The predicted molar refractivity (Wildman–Crippen MR) is 192 cm³/mol. The van der Waals surface area contributed by atoms with Crippen molar-refractivity contribution in [3.8, 4) is 22.8 Å². The Morgan fingerprint density at radius 3 is 2.25 bits per heavy atom. The maximum Gasteiger partial charge on any atom is 0.573 e. The maximum atomic E-state index is 12.6. The third kappa shape index (κ3) is 13.1. The standard InChI is InChI=1S/C35H39F3N8O4S/c1-23-8-6-9-24(2)30(23)43-32(51-21-29(47)39-18-7-19-40-33(48)50-34(3,4)5)44-42-20-25-10-12-26(13-11-25)31-41-22-46(45-31)27-14-16-28(17-15-27)49-35(36,37)38/h6,8-17,20,22H,7,18-19,21H2,1-5H3,(H,39,47)(H,40,48)(H,43,44)/b42-20-. The Labute approximate surface area is 297 Å². The van der Waals surface area contributed by atoms with Crippen LogP contribution in [0.4, 0.5) is 23.7 Å². The van der Waals surface area contributed by atoms with E-state index in [-0.39, 0.29) is 17.4 Å². The maximum absolute atomic E-state index is 12.6. The second-order valence-corrected chi connectivity index (χ2v) is 13.1. The Kier molecular flexibility index (Phi) is 13.2. The number of carbonyl (C=O) groups excluding carboxylic acids is 2. The summed E-state index contributed by atoms with van der Waals surface area (Å²) >= 11 is 1.20. The normalized spacial score (nSPS) is 12.1. The summed E-state index contributed by atoms with van der Waals surface area (Å²) < 4.78 is 47.9. The van der Waals surface area contributed by atoms with Crippen LogP contribution in [-0.2, 0) is 9.53 Å². The Morgan fingerprint density at radius 1 is 0.941 bits per heavy atom. The number of halogens is 3. The lowest BCUT2D eigenvalue weighted by molar-refractivity contribution is -0.274. The summed E-state index contributed by atoms with van der Waals surface area (Å²) in [6, 6.07) is 18.4. The molecule has 2 amide bonds. The molecule has 4 aromatic rings. The molecule has 0 saturated carbocycles. The van der Waals surface area contributed by atoms with Crippen molar-refractivity contribution in [3.05, 3.63) is 89.7 Å². The van der Waals surface area contributed by atoms with Gasteiger partial charge in [-0.1, -0.05) is 54.2 Å². The number of alkyl halides is 3. The number of rotatable bonds is 12. The molecule has 51 heavy (non-hydrogen) atoms. The molecular formula is C35H39F3N8O4S. The molecule has 3 aromatic carbocycles. The van der Waals surface area contributed by atoms with Crippen molar-refractivity contribution in [3.63, 3.8) is 0 Å². The summed E-state index contributed by atoms with van der Waals surface area (Å²) in [6.45, 7) is 10.0. The number of hydrazone groups is 1. The zero-order chi connectivity index (χ0) is 37.0. The molecule has 12 nitrogen and oxygen atoms in total. The molecule has 0 atom stereocenters. The monoisotopic (exact) mass is 724 g/mol. The first-order valence-corrected chi connectivity index (χ1v) is 16.8. The van der Waals surface area contributed by atoms with Gasteiger partial charge in [-0.3, -0.25) is 10.2 Å². The van der Waals surface area contributed by atoms with Crippen molar-refractivity contribution in [2.24, 2.45) is 10.1 Å². The van der Waals surface area contributed by atoms with Gasteiger partial charge in [-0.25, -0.2) is 19.5 Å². The number of para-hydroxylation sites is 1. The summed E-state index contributed by atoms with van der Waals surface area (Å²) in [5.41, 5.74) is 7.09. The fourth-order valence-electron chi connectivity index (χ4n) is 4.38. The fraction of sp³-hybridized carbons (Fsp3) is 0.314. The van der Waals surface area contributed by atoms with Gasteiger partial charge in [0.2, 0.25) is 5.91 Å². The number of benzene rings is 3. The average molecular weight is 725 g/mol. The predicted octanol–water partition coefficient (Wildman–Crippen LogP) is 6.83. The second kappa shape index (κ2) is 17.5. The van der Waals surface area contributed by atoms with Gasteiger partial charge < -0.3 is 20.1 Å². The highest BCUT2D eigenvalue weighted by Gasteiger charge is 2.31. The highest BCUT2D eigenvalue weighted by Crippen LogP contribution is 2.25. The minimum absolute atomic E-state index is 0.0889. The van der Waals surface area contributed by atoms with Gasteiger partial charge >= 0.3 is 12.5 Å². The molecule has 0 spiro atoms. The first-order chi connectivity index (χ1) is 24.1. The van der Waals surface area contributed by atoms with Crippen molar-refractivity contribution >= 4 is 40.8 Å². The summed E-state index contributed by atoms with van der Waals surface area (Å²) in [6.07, 6.45) is -1.66. The molecule has 3 N–H and O–H groups in total. The van der Waals surface area contributed by atoms with Gasteiger partial charge in [0.1, 0.15) is 17.7 Å². The van der Waals surface area contributed by atoms with Crippen LogP contribution in [-0.4, -0.2) is 69.0 Å². The number of thioether (sulfide) groups is 1. The van der Waals surface area contributed by atoms with Crippen LogP contribution in [0, 0.1) is 13.8 Å². The summed E-state index contributed by atoms with van der Waals surface area (Å²) in [7, 11) is 0. The lowest BCUT2D eigenvalue weighted by Gasteiger charge is -2.19. The molecule has 1 aromatic heterocycles. The Hall–Kier alpha value is -5.38. The molecule has 1 heterocycles. The van der Waals surface area contributed by atoms with E-state index in [0.717, 1.165) is 27.9 Å². The molecule has 0 bridgehead atoms. The van der Waals surface area contributed by atoms with E-state index < -0.39 is 18.1 Å². The largest absolute Gasteiger partial charge is 0.573 e. The van der Waals surface area contributed by atoms with E-state index >= 15 is 0 Å². The number of ether oxygens (including phenoxy) is 2. The number of nitrogens with one attached hydrogen (secondary N) is 3. The number of hydrogen-bond donors (Lipinski definition) is 3. The number of aliphatic imine (C=N–C) groups is 1. The van der Waals surface area contributed by atoms with E-state index in [0.29, 0.717) is 36.2 Å². The molecule has 16 heteroatoms. The quantitative estimate of drug-likeness (QED) is 0.0625. The fourth-order valence-corrected chi connectivity index (χ4v) is 5.02. The van der Waals surface area contributed by atoms with Crippen molar-refractivity contribution in [1.82, 2.24) is 30.8 Å². The first-order valence-electron chi connectivity index (χ1n) is 15.8. The van der Waals surface area contributed by atoms with Crippen molar-refractivity contribution in [2.45, 2.75) is 53.0 Å². The zero-order valence-electron chi connectivity index (χ0n) is 28.7. The van der Waals surface area contributed by atoms with E-state index in [2.05, 4.69) is 36.0 Å². The number of aromatic nitrogens is 3. The SMILES string of the molecule is Cc1cccc(C)c1N=C(N/N=C\c1ccc(-c2ncn(-c3ccc(OC(F)(F)F)cc3)n2)cc1)SCC(=O)NCCCNC(=O)OC(C)(C)C. The number of amidine groups is 1. The molecule has 0 saturated heterocycles. The number of carbonyl (C=O) groups is 2. The minimum atomic E-state index is -4.77. The summed E-state index contributed by atoms with van der Waals surface area (Å²) in [4.78, 5) is 33.4. The number of alkyl carbamates (subject to hydrolysis) is 1. The molecule has 0 aliphatic rings. The number of aryl methyl sites for hydroxylation is 2. The number of amides is 2. The summed E-state index contributed by atoms with van der Waals surface area (Å²) in [5, 5.41) is 14.7. The molecule has 0 radical (unpaired) electrons. The van der Waals surface area contributed by atoms with Gasteiger partial charge in [0.05, 0.1) is 23.3 Å². The smallest absolute Gasteiger partial charge is 0.444 e. The highest BCUT2D eigenvalue weighted by atomic mass is 32.2. The molecule has 0 aliphatic heterocycles. The van der Waals surface area contributed by atoms with Crippen LogP contribution in [0.25, 0.3) is 17.1 Å². The van der Waals surface area contributed by atoms with Gasteiger partial charge in [0.15, 0.2) is 11.0 Å². The van der Waals surface area contributed by atoms with E-state index in [1.807, 2.05) is 56.3 Å². The van der Waals surface area contributed by atoms with E-state index in [4.69, 9.17) is 9.73 Å².